The van der Waals surface area contributed by atoms with Gasteiger partial charge in [-0.2, -0.15) is 0 Å². The van der Waals surface area contributed by atoms with Crippen molar-refractivity contribution in [2.24, 2.45) is 4.99 Å². The second-order valence-electron chi connectivity index (χ2n) is 6.38. The smallest absolute Gasteiger partial charge is 0.341 e. The number of aliphatic imine (C=N–C) groups is 1. The summed E-state index contributed by atoms with van der Waals surface area (Å²) in [5.41, 5.74) is 0.779. The van der Waals surface area contributed by atoms with Crippen molar-refractivity contribution in [3.05, 3.63) is 31.5 Å². The Hall–Kier alpha value is -1.32. The molecule has 0 radical (unpaired) electrons. The van der Waals surface area contributed by atoms with Crippen LogP contribution in [0.15, 0.2) is 31.0 Å². The van der Waals surface area contributed by atoms with E-state index >= 15 is 0 Å². The van der Waals surface area contributed by atoms with Crippen molar-refractivity contribution in [1.29, 1.82) is 0 Å². The van der Waals surface area contributed by atoms with E-state index < -0.39 is 12.6 Å². The SMILES string of the molecule is CC(C)N=C1S/C(=C/c2cc(Br)c(OCC(=O)O)c(Br)c2)C(=O)N1C(C)C. The molecule has 1 heterocycles. The fourth-order valence-electron chi connectivity index (χ4n) is 2.34. The third kappa shape index (κ3) is 5.58. The lowest BCUT2D eigenvalue weighted by Gasteiger charge is -2.20. The zero-order valence-corrected chi connectivity index (χ0v) is 19.3. The average molecular weight is 520 g/mol. The molecule has 1 aliphatic heterocycles. The number of aliphatic carboxylic acids is 1. The number of hydrogen-bond donors (Lipinski definition) is 1. The zero-order chi connectivity index (χ0) is 20.3. The predicted octanol–water partition coefficient (Wildman–Crippen LogP) is 4.76. The highest BCUT2D eigenvalue weighted by molar-refractivity contribution is 9.11. The number of amidine groups is 1. The fraction of sp³-hybridized carbons (Fsp3) is 0.389. The summed E-state index contributed by atoms with van der Waals surface area (Å²) in [7, 11) is 0. The van der Waals surface area contributed by atoms with Crippen LogP contribution in [0, 0.1) is 0 Å². The normalized spacial score (nSPS) is 17.6. The van der Waals surface area contributed by atoms with Crippen molar-refractivity contribution < 1.29 is 19.4 Å². The Morgan fingerprint density at radius 3 is 2.37 bits per heavy atom. The molecular weight excluding hydrogens is 500 g/mol. The van der Waals surface area contributed by atoms with Crippen LogP contribution in [0.1, 0.15) is 33.3 Å². The molecule has 6 nitrogen and oxygen atoms in total. The van der Waals surface area contributed by atoms with Gasteiger partial charge in [0.25, 0.3) is 5.91 Å². The first-order chi connectivity index (χ1) is 12.6. The number of carbonyl (C=O) groups excluding carboxylic acids is 1. The lowest BCUT2D eigenvalue weighted by Crippen LogP contribution is -2.35. The number of benzene rings is 1. The molecule has 2 rings (SSSR count). The third-order valence-corrected chi connectivity index (χ3v) is 5.56. The van der Waals surface area contributed by atoms with E-state index in [1.54, 1.807) is 23.1 Å². The molecule has 1 aromatic carbocycles. The number of rotatable bonds is 6. The number of amides is 1. The minimum absolute atomic E-state index is 0.0127. The maximum Gasteiger partial charge on any atom is 0.341 e. The van der Waals surface area contributed by atoms with Crippen LogP contribution < -0.4 is 4.74 Å². The highest BCUT2D eigenvalue weighted by Crippen LogP contribution is 2.38. The molecule has 1 fully saturated rings. The first-order valence-corrected chi connectivity index (χ1v) is 10.6. The van der Waals surface area contributed by atoms with E-state index in [0.29, 0.717) is 24.8 Å². The molecule has 1 N–H and O–H groups in total. The summed E-state index contributed by atoms with van der Waals surface area (Å²) in [6, 6.07) is 3.66. The second kappa shape index (κ2) is 9.25. The van der Waals surface area contributed by atoms with Gasteiger partial charge >= 0.3 is 5.97 Å². The van der Waals surface area contributed by atoms with Gasteiger partial charge in [-0.3, -0.25) is 14.7 Å². The summed E-state index contributed by atoms with van der Waals surface area (Å²) >= 11 is 8.13. The maximum absolute atomic E-state index is 12.8. The standard InChI is InChI=1S/C18H20Br2N2O4S/c1-9(2)21-18-22(10(3)4)17(25)14(27-18)7-11-5-12(19)16(13(20)6-11)26-8-15(23)24/h5-7,9-10H,8H2,1-4H3,(H,23,24)/b14-7+,21-18?. The predicted molar refractivity (Wildman–Crippen MR) is 115 cm³/mol. The number of carboxylic acids is 1. The summed E-state index contributed by atoms with van der Waals surface area (Å²) in [5.74, 6) is -0.734. The highest BCUT2D eigenvalue weighted by atomic mass is 79.9. The summed E-state index contributed by atoms with van der Waals surface area (Å²) in [4.78, 5) is 30.3. The van der Waals surface area contributed by atoms with Crippen LogP contribution in [0.3, 0.4) is 0 Å². The van der Waals surface area contributed by atoms with Crippen molar-refractivity contribution in [2.75, 3.05) is 6.61 Å². The Kier molecular flexibility index (Phi) is 7.53. The largest absolute Gasteiger partial charge is 0.480 e. The summed E-state index contributed by atoms with van der Waals surface area (Å²) in [6.45, 7) is 7.42. The number of carbonyl (C=O) groups is 2. The first kappa shape index (κ1) is 22.0. The van der Waals surface area contributed by atoms with Gasteiger partial charge in [-0.15, -0.1) is 0 Å². The molecule has 1 amide bonds. The quantitative estimate of drug-likeness (QED) is 0.548. The molecule has 0 bridgehead atoms. The van der Waals surface area contributed by atoms with Crippen LogP contribution in [-0.2, 0) is 9.59 Å². The Morgan fingerprint density at radius 1 is 1.30 bits per heavy atom. The molecule has 9 heteroatoms. The van der Waals surface area contributed by atoms with Crippen molar-refractivity contribution in [1.82, 2.24) is 4.90 Å². The van der Waals surface area contributed by atoms with E-state index in [1.165, 1.54) is 11.8 Å². The lowest BCUT2D eigenvalue weighted by molar-refractivity contribution is -0.139. The van der Waals surface area contributed by atoms with E-state index in [-0.39, 0.29) is 18.0 Å². The monoisotopic (exact) mass is 518 g/mol. The number of ether oxygens (including phenoxy) is 1. The third-order valence-electron chi connectivity index (χ3n) is 3.38. The molecule has 1 saturated heterocycles. The Balaban J connectivity index is 2.35. The van der Waals surface area contributed by atoms with Gasteiger partial charge in [0.1, 0.15) is 5.75 Å². The van der Waals surface area contributed by atoms with E-state index in [1.807, 2.05) is 27.7 Å². The van der Waals surface area contributed by atoms with E-state index in [2.05, 4.69) is 36.9 Å². The molecule has 0 aromatic heterocycles. The average Bonchev–Trinajstić information content (AvgIpc) is 2.81. The summed E-state index contributed by atoms with van der Waals surface area (Å²) in [5, 5.41) is 9.47. The zero-order valence-electron chi connectivity index (χ0n) is 15.3. The van der Waals surface area contributed by atoms with Gasteiger partial charge in [0.2, 0.25) is 0 Å². The summed E-state index contributed by atoms with van der Waals surface area (Å²) in [6.07, 6.45) is 1.79. The van der Waals surface area contributed by atoms with Crippen LogP contribution in [-0.4, -0.2) is 45.7 Å². The fourth-order valence-corrected chi connectivity index (χ4v) is 5.02. The van der Waals surface area contributed by atoms with Crippen LogP contribution in [0.2, 0.25) is 0 Å². The van der Waals surface area contributed by atoms with Crippen LogP contribution >= 0.6 is 43.6 Å². The minimum Gasteiger partial charge on any atom is -0.480 e. The topological polar surface area (TPSA) is 79.2 Å². The molecule has 0 aliphatic carbocycles. The Morgan fingerprint density at radius 2 is 1.89 bits per heavy atom. The number of thioether (sulfide) groups is 1. The lowest BCUT2D eigenvalue weighted by atomic mass is 10.2. The molecule has 0 unspecified atom stereocenters. The van der Waals surface area contributed by atoms with Crippen molar-refractivity contribution >= 4 is 66.7 Å². The van der Waals surface area contributed by atoms with Gasteiger partial charge in [0.15, 0.2) is 11.8 Å². The highest BCUT2D eigenvalue weighted by Gasteiger charge is 2.35. The number of carboxylic acid groups (broad SMARTS) is 1. The van der Waals surface area contributed by atoms with Gasteiger partial charge in [-0.05, 0) is 95.1 Å². The summed E-state index contributed by atoms with van der Waals surface area (Å²) < 4.78 is 6.46. The van der Waals surface area contributed by atoms with Gasteiger partial charge in [-0.1, -0.05) is 0 Å². The van der Waals surface area contributed by atoms with Crippen molar-refractivity contribution in [2.45, 2.75) is 39.8 Å². The molecule has 1 aromatic rings. The number of halogens is 2. The second-order valence-corrected chi connectivity index (χ2v) is 9.10. The maximum atomic E-state index is 12.8. The number of hydrogen-bond acceptors (Lipinski definition) is 5. The van der Waals surface area contributed by atoms with Crippen molar-refractivity contribution in [3.63, 3.8) is 0 Å². The van der Waals surface area contributed by atoms with Crippen LogP contribution in [0.25, 0.3) is 6.08 Å². The van der Waals surface area contributed by atoms with Crippen LogP contribution in [0.4, 0.5) is 0 Å². The Bertz CT molecular complexity index is 799. The number of nitrogens with zero attached hydrogens (tertiary/aromatic N) is 2. The molecule has 146 valence electrons. The Labute approximate surface area is 179 Å². The molecular formula is C18H20Br2N2O4S. The first-order valence-electron chi connectivity index (χ1n) is 8.24. The molecule has 0 spiro atoms. The molecule has 1 aliphatic rings. The molecule has 0 atom stereocenters. The van der Waals surface area contributed by atoms with Crippen molar-refractivity contribution in [3.8, 4) is 5.75 Å². The van der Waals surface area contributed by atoms with E-state index in [9.17, 15) is 9.59 Å². The van der Waals surface area contributed by atoms with E-state index in [4.69, 9.17) is 9.84 Å². The van der Waals surface area contributed by atoms with E-state index in [0.717, 1.165) is 5.56 Å². The molecule has 27 heavy (non-hydrogen) atoms. The van der Waals surface area contributed by atoms with Gasteiger partial charge in [0.05, 0.1) is 13.9 Å². The minimum atomic E-state index is -1.06. The molecule has 0 saturated carbocycles. The van der Waals surface area contributed by atoms with Crippen LogP contribution in [0.5, 0.6) is 5.75 Å². The van der Waals surface area contributed by atoms with Gasteiger partial charge in [0, 0.05) is 12.1 Å². The van der Waals surface area contributed by atoms with Gasteiger partial charge < -0.3 is 9.84 Å². The van der Waals surface area contributed by atoms with Gasteiger partial charge in [-0.25, -0.2) is 4.79 Å².